The van der Waals surface area contributed by atoms with E-state index >= 15 is 0 Å². The van der Waals surface area contributed by atoms with Crippen LogP contribution in [0.25, 0.3) is 10.9 Å². The molecular weight excluding hydrogens is 348 g/mol. The van der Waals surface area contributed by atoms with Crippen molar-refractivity contribution in [2.45, 2.75) is 18.8 Å². The summed E-state index contributed by atoms with van der Waals surface area (Å²) in [6.07, 6.45) is 4.04. The normalized spacial score (nSPS) is 17.7. The minimum Gasteiger partial charge on any atom is -0.480 e. The molecule has 1 aromatic carbocycles. The van der Waals surface area contributed by atoms with Crippen LogP contribution in [0.15, 0.2) is 24.5 Å². The molecule has 1 saturated heterocycles. The zero-order valence-corrected chi connectivity index (χ0v) is 15.4. The van der Waals surface area contributed by atoms with Crippen LogP contribution in [0.4, 0.5) is 10.8 Å². The quantitative estimate of drug-likeness (QED) is 0.701. The maximum absolute atomic E-state index is 5.38. The van der Waals surface area contributed by atoms with Gasteiger partial charge in [-0.1, -0.05) is 0 Å². The van der Waals surface area contributed by atoms with Gasteiger partial charge in [0.2, 0.25) is 11.0 Å². The summed E-state index contributed by atoms with van der Waals surface area (Å²) in [7, 11) is 1.64. The molecule has 0 unspecified atom stereocenters. The molecule has 8 heteroatoms. The Morgan fingerprint density at radius 2 is 1.88 bits per heavy atom. The van der Waals surface area contributed by atoms with E-state index in [9.17, 15) is 0 Å². The molecule has 2 fully saturated rings. The largest absolute Gasteiger partial charge is 0.480 e. The van der Waals surface area contributed by atoms with Gasteiger partial charge in [-0.3, -0.25) is 0 Å². The van der Waals surface area contributed by atoms with Gasteiger partial charge in [-0.05, 0) is 31.0 Å². The minimum atomic E-state index is 0.621. The SMILES string of the molecule is COc1ncnc2ccc(N3CCN(c4nc(C5CC5)ns4)CC3)cc12. The zero-order chi connectivity index (χ0) is 17.5. The van der Waals surface area contributed by atoms with Crippen molar-refractivity contribution in [3.8, 4) is 5.88 Å². The van der Waals surface area contributed by atoms with Gasteiger partial charge in [0.05, 0.1) is 18.0 Å². The van der Waals surface area contributed by atoms with E-state index in [0.717, 1.165) is 48.0 Å². The lowest BCUT2D eigenvalue weighted by atomic mass is 10.2. The summed E-state index contributed by atoms with van der Waals surface area (Å²) in [5.41, 5.74) is 2.09. The molecule has 0 N–H and O–H groups in total. The van der Waals surface area contributed by atoms with Crippen LogP contribution in [-0.4, -0.2) is 52.6 Å². The number of benzene rings is 1. The summed E-state index contributed by atoms with van der Waals surface area (Å²) >= 11 is 1.54. The van der Waals surface area contributed by atoms with Crippen molar-refractivity contribution in [3.05, 3.63) is 30.4 Å². The van der Waals surface area contributed by atoms with Gasteiger partial charge in [0, 0.05) is 49.3 Å². The van der Waals surface area contributed by atoms with Crippen LogP contribution < -0.4 is 14.5 Å². The first-order valence-electron chi connectivity index (χ1n) is 8.94. The van der Waals surface area contributed by atoms with Crippen molar-refractivity contribution in [2.24, 2.45) is 0 Å². The predicted molar refractivity (Wildman–Crippen MR) is 102 cm³/mol. The Morgan fingerprint density at radius 1 is 1.08 bits per heavy atom. The number of fused-ring (bicyclic) bond motifs is 1. The number of ether oxygens (including phenoxy) is 1. The van der Waals surface area contributed by atoms with E-state index in [-0.39, 0.29) is 0 Å². The molecule has 0 atom stereocenters. The molecule has 1 saturated carbocycles. The number of hydrogen-bond donors (Lipinski definition) is 0. The van der Waals surface area contributed by atoms with Crippen LogP contribution in [0.2, 0.25) is 0 Å². The molecule has 26 heavy (non-hydrogen) atoms. The number of methoxy groups -OCH3 is 1. The molecule has 0 radical (unpaired) electrons. The Kier molecular flexibility index (Phi) is 3.85. The van der Waals surface area contributed by atoms with Crippen molar-refractivity contribution in [1.82, 2.24) is 19.3 Å². The molecule has 2 aromatic heterocycles. The smallest absolute Gasteiger partial charge is 0.224 e. The second-order valence-electron chi connectivity index (χ2n) is 6.77. The molecule has 2 aliphatic rings. The van der Waals surface area contributed by atoms with Crippen molar-refractivity contribution >= 4 is 33.3 Å². The van der Waals surface area contributed by atoms with Gasteiger partial charge in [0.1, 0.15) is 12.2 Å². The molecule has 0 bridgehead atoms. The molecule has 0 spiro atoms. The fraction of sp³-hybridized carbons (Fsp3) is 0.444. The van der Waals surface area contributed by atoms with E-state index in [1.807, 2.05) is 6.07 Å². The van der Waals surface area contributed by atoms with Gasteiger partial charge in [-0.2, -0.15) is 4.37 Å². The van der Waals surface area contributed by atoms with Crippen molar-refractivity contribution in [1.29, 1.82) is 0 Å². The molecule has 3 aromatic rings. The Balaban J connectivity index is 1.32. The number of piperazine rings is 1. The highest BCUT2D eigenvalue weighted by molar-refractivity contribution is 7.09. The number of rotatable bonds is 4. The van der Waals surface area contributed by atoms with E-state index in [1.54, 1.807) is 18.6 Å². The number of anilines is 2. The summed E-state index contributed by atoms with van der Waals surface area (Å²) in [5, 5.41) is 2.02. The zero-order valence-electron chi connectivity index (χ0n) is 14.6. The van der Waals surface area contributed by atoms with Crippen LogP contribution in [0.3, 0.4) is 0 Å². The van der Waals surface area contributed by atoms with Crippen LogP contribution in [0.1, 0.15) is 24.6 Å². The van der Waals surface area contributed by atoms with Crippen molar-refractivity contribution < 1.29 is 4.74 Å². The molecule has 1 aliphatic carbocycles. The van der Waals surface area contributed by atoms with Gasteiger partial charge in [0.25, 0.3) is 0 Å². The Bertz CT molecular complexity index is 932. The fourth-order valence-electron chi connectivity index (χ4n) is 3.40. The highest BCUT2D eigenvalue weighted by Crippen LogP contribution is 2.39. The van der Waals surface area contributed by atoms with Gasteiger partial charge >= 0.3 is 0 Å². The van der Waals surface area contributed by atoms with Gasteiger partial charge in [-0.25, -0.2) is 15.0 Å². The lowest BCUT2D eigenvalue weighted by molar-refractivity contribution is 0.402. The third-order valence-corrected chi connectivity index (χ3v) is 5.86. The molecule has 1 aliphatic heterocycles. The van der Waals surface area contributed by atoms with Crippen LogP contribution in [0.5, 0.6) is 5.88 Å². The Hall–Kier alpha value is -2.48. The summed E-state index contributed by atoms with van der Waals surface area (Å²) < 4.78 is 9.91. The minimum absolute atomic E-state index is 0.621. The van der Waals surface area contributed by atoms with Gasteiger partial charge in [-0.15, -0.1) is 0 Å². The first-order valence-corrected chi connectivity index (χ1v) is 9.71. The van der Waals surface area contributed by atoms with E-state index in [2.05, 4.69) is 36.3 Å². The van der Waals surface area contributed by atoms with Crippen LogP contribution in [0, 0.1) is 0 Å². The third-order valence-electron chi connectivity index (χ3n) is 5.06. The predicted octanol–water partition coefficient (Wildman–Crippen LogP) is 2.69. The van der Waals surface area contributed by atoms with E-state index in [1.165, 1.54) is 24.9 Å². The monoisotopic (exact) mass is 368 g/mol. The first kappa shape index (κ1) is 15.7. The molecular formula is C18H20N6OS. The van der Waals surface area contributed by atoms with E-state index in [4.69, 9.17) is 9.72 Å². The maximum atomic E-state index is 5.38. The van der Waals surface area contributed by atoms with Crippen LogP contribution >= 0.6 is 11.5 Å². The summed E-state index contributed by atoms with van der Waals surface area (Å²) in [5.74, 6) is 2.29. The third kappa shape index (κ3) is 2.84. The van der Waals surface area contributed by atoms with Crippen molar-refractivity contribution in [3.63, 3.8) is 0 Å². The summed E-state index contributed by atoms with van der Waals surface area (Å²) in [4.78, 5) is 18.0. The lowest BCUT2D eigenvalue weighted by Crippen LogP contribution is -2.46. The Morgan fingerprint density at radius 3 is 2.65 bits per heavy atom. The molecule has 0 amide bonds. The summed E-state index contributed by atoms with van der Waals surface area (Å²) in [6.45, 7) is 3.83. The highest BCUT2D eigenvalue weighted by Gasteiger charge is 2.29. The standard InChI is InChI=1S/C18H20N6OS/c1-25-17-14-10-13(4-5-15(14)19-11-20-17)23-6-8-24(9-7-23)18-21-16(22-26-18)12-2-3-12/h4-5,10-12H,2-3,6-9H2,1H3. The van der Waals surface area contributed by atoms with E-state index in [0.29, 0.717) is 11.8 Å². The number of aromatic nitrogens is 4. The van der Waals surface area contributed by atoms with Gasteiger partial charge in [0.15, 0.2) is 0 Å². The lowest BCUT2D eigenvalue weighted by Gasteiger charge is -2.35. The van der Waals surface area contributed by atoms with Crippen LogP contribution in [-0.2, 0) is 0 Å². The van der Waals surface area contributed by atoms with E-state index < -0.39 is 0 Å². The first-order chi connectivity index (χ1) is 12.8. The topological polar surface area (TPSA) is 67.3 Å². The molecule has 7 nitrogen and oxygen atoms in total. The molecule has 3 heterocycles. The average molecular weight is 368 g/mol. The number of hydrogen-bond acceptors (Lipinski definition) is 8. The van der Waals surface area contributed by atoms with Gasteiger partial charge < -0.3 is 14.5 Å². The Labute approximate surface area is 155 Å². The van der Waals surface area contributed by atoms with Crippen molar-refractivity contribution in [2.75, 3.05) is 43.1 Å². The molecule has 5 rings (SSSR count). The second kappa shape index (κ2) is 6.35. The maximum Gasteiger partial charge on any atom is 0.224 e. The fourth-order valence-corrected chi connectivity index (χ4v) is 4.20. The highest BCUT2D eigenvalue weighted by atomic mass is 32.1. The molecule has 134 valence electrons. The summed E-state index contributed by atoms with van der Waals surface area (Å²) in [6, 6.07) is 6.29. The average Bonchev–Trinajstić information content (AvgIpc) is 3.44. The number of nitrogens with zero attached hydrogens (tertiary/aromatic N) is 6. The second-order valence-corrected chi connectivity index (χ2v) is 7.50.